The largest absolute Gasteiger partial charge is 0.336 e. The van der Waals surface area contributed by atoms with Crippen molar-refractivity contribution in [1.82, 2.24) is 19.9 Å². The van der Waals surface area contributed by atoms with Gasteiger partial charge in [0.05, 0.1) is 17.1 Å². The Bertz CT molecular complexity index is 1190. The lowest BCUT2D eigenvalue weighted by Gasteiger charge is -2.04. The topological polar surface area (TPSA) is 88.6 Å². The Morgan fingerprint density at radius 3 is 2.07 bits per heavy atom. The van der Waals surface area contributed by atoms with Crippen LogP contribution in [0.3, 0.4) is 0 Å². The van der Waals surface area contributed by atoms with Crippen LogP contribution in [-0.2, 0) is 9.84 Å². The standard InChI is InChI=1S/C20H16N4O2S/c1-27(25,26)20-21-13-12-16(22-20)18-17(14-8-4-2-5-9-14)23-19(24-18)15-10-6-3-7-11-15/h2-13H,1H3,(H,23,24). The fourth-order valence-electron chi connectivity index (χ4n) is 2.75. The quantitative estimate of drug-likeness (QED) is 0.550. The normalized spacial score (nSPS) is 11.4. The molecule has 27 heavy (non-hydrogen) atoms. The Morgan fingerprint density at radius 1 is 0.815 bits per heavy atom. The maximum absolute atomic E-state index is 11.8. The van der Waals surface area contributed by atoms with Gasteiger partial charge in [0.15, 0.2) is 0 Å². The van der Waals surface area contributed by atoms with E-state index in [1.165, 1.54) is 6.20 Å². The van der Waals surface area contributed by atoms with Crippen molar-refractivity contribution in [2.75, 3.05) is 6.26 Å². The van der Waals surface area contributed by atoms with Gasteiger partial charge in [0.2, 0.25) is 15.0 Å². The molecule has 0 atom stereocenters. The second-order valence-electron chi connectivity index (χ2n) is 6.04. The molecular formula is C20H16N4O2S. The highest BCUT2D eigenvalue weighted by atomic mass is 32.2. The highest BCUT2D eigenvalue weighted by molar-refractivity contribution is 7.90. The molecule has 0 bridgehead atoms. The molecule has 1 N–H and O–H groups in total. The van der Waals surface area contributed by atoms with Crippen LogP contribution in [0.25, 0.3) is 34.0 Å². The summed E-state index contributed by atoms with van der Waals surface area (Å²) in [5.74, 6) is 0.684. The highest BCUT2D eigenvalue weighted by Crippen LogP contribution is 2.32. The van der Waals surface area contributed by atoms with Crippen molar-refractivity contribution in [3.8, 4) is 34.0 Å². The fourth-order valence-corrected chi connectivity index (χ4v) is 3.27. The Labute approximate surface area is 156 Å². The van der Waals surface area contributed by atoms with Crippen molar-refractivity contribution in [2.24, 2.45) is 0 Å². The van der Waals surface area contributed by atoms with Gasteiger partial charge >= 0.3 is 0 Å². The molecule has 0 fully saturated rings. The number of sulfone groups is 1. The fraction of sp³-hybridized carbons (Fsp3) is 0.0500. The number of rotatable bonds is 4. The van der Waals surface area contributed by atoms with Crippen LogP contribution >= 0.6 is 0 Å². The third-order valence-corrected chi connectivity index (χ3v) is 4.88. The van der Waals surface area contributed by atoms with Crippen LogP contribution in [0, 0.1) is 0 Å². The summed E-state index contributed by atoms with van der Waals surface area (Å²) in [6.45, 7) is 0. The predicted molar refractivity (Wildman–Crippen MR) is 104 cm³/mol. The number of nitrogens with one attached hydrogen (secondary N) is 1. The van der Waals surface area contributed by atoms with E-state index in [9.17, 15) is 8.42 Å². The molecule has 0 saturated heterocycles. The Hall–Kier alpha value is -3.32. The van der Waals surface area contributed by atoms with Crippen molar-refractivity contribution in [3.63, 3.8) is 0 Å². The number of benzene rings is 2. The second kappa shape index (κ2) is 6.77. The van der Waals surface area contributed by atoms with Crippen molar-refractivity contribution < 1.29 is 8.42 Å². The molecule has 0 unspecified atom stereocenters. The first kappa shape index (κ1) is 17.1. The molecule has 0 aliphatic heterocycles. The zero-order valence-electron chi connectivity index (χ0n) is 14.5. The number of aromatic nitrogens is 4. The predicted octanol–water partition coefficient (Wildman–Crippen LogP) is 3.60. The molecule has 2 aromatic heterocycles. The van der Waals surface area contributed by atoms with Crippen LogP contribution in [0.1, 0.15) is 0 Å². The highest BCUT2D eigenvalue weighted by Gasteiger charge is 2.18. The third-order valence-electron chi connectivity index (χ3n) is 4.02. The van der Waals surface area contributed by atoms with Crippen LogP contribution < -0.4 is 0 Å². The van der Waals surface area contributed by atoms with Crippen LogP contribution in [0.2, 0.25) is 0 Å². The average molecular weight is 376 g/mol. The lowest BCUT2D eigenvalue weighted by molar-refractivity contribution is 0.593. The van der Waals surface area contributed by atoms with E-state index in [0.29, 0.717) is 22.9 Å². The first-order chi connectivity index (χ1) is 13.0. The Balaban J connectivity index is 1.93. The van der Waals surface area contributed by atoms with Gasteiger partial charge in [-0.3, -0.25) is 0 Å². The van der Waals surface area contributed by atoms with Gasteiger partial charge in [-0.1, -0.05) is 60.7 Å². The van der Waals surface area contributed by atoms with Crippen LogP contribution in [0.4, 0.5) is 0 Å². The molecule has 134 valence electrons. The summed E-state index contributed by atoms with van der Waals surface area (Å²) in [6.07, 6.45) is 2.53. The molecule has 0 aliphatic carbocycles. The maximum Gasteiger partial charge on any atom is 0.247 e. The second-order valence-corrected chi connectivity index (χ2v) is 7.95. The summed E-state index contributed by atoms with van der Waals surface area (Å²) < 4.78 is 23.7. The molecule has 4 rings (SSSR count). The number of hydrogen-bond donors (Lipinski definition) is 1. The van der Waals surface area contributed by atoms with Gasteiger partial charge in [0.1, 0.15) is 5.82 Å². The zero-order chi connectivity index (χ0) is 18.9. The smallest absolute Gasteiger partial charge is 0.247 e. The van der Waals surface area contributed by atoms with Gasteiger partial charge in [-0.05, 0) is 6.07 Å². The molecule has 0 spiro atoms. The zero-order valence-corrected chi connectivity index (χ0v) is 15.3. The number of hydrogen-bond acceptors (Lipinski definition) is 5. The summed E-state index contributed by atoms with van der Waals surface area (Å²) in [4.78, 5) is 16.2. The molecular weight excluding hydrogens is 360 g/mol. The lowest BCUT2D eigenvalue weighted by atomic mass is 10.1. The van der Waals surface area contributed by atoms with Gasteiger partial charge in [-0.2, -0.15) is 0 Å². The van der Waals surface area contributed by atoms with E-state index < -0.39 is 9.84 Å². The SMILES string of the molecule is CS(=O)(=O)c1nccc(-c2[nH]c(-c3ccccc3)nc2-c2ccccc2)n1. The summed E-state index contributed by atoms with van der Waals surface area (Å²) in [6, 6.07) is 21.1. The van der Waals surface area contributed by atoms with Gasteiger partial charge in [-0.25, -0.2) is 23.4 Å². The minimum atomic E-state index is -3.51. The molecule has 2 aromatic carbocycles. The van der Waals surface area contributed by atoms with Crippen molar-refractivity contribution in [2.45, 2.75) is 5.16 Å². The van der Waals surface area contributed by atoms with Gasteiger partial charge in [0.25, 0.3) is 0 Å². The summed E-state index contributed by atoms with van der Waals surface area (Å²) in [5.41, 5.74) is 3.66. The molecule has 0 amide bonds. The molecule has 2 heterocycles. The average Bonchev–Trinajstić information content (AvgIpc) is 3.14. The molecule has 6 nitrogen and oxygen atoms in total. The Kier molecular flexibility index (Phi) is 4.29. The van der Waals surface area contributed by atoms with E-state index in [0.717, 1.165) is 17.4 Å². The summed E-state index contributed by atoms with van der Waals surface area (Å²) >= 11 is 0. The van der Waals surface area contributed by atoms with E-state index in [2.05, 4.69) is 15.0 Å². The molecule has 0 aliphatic rings. The maximum atomic E-state index is 11.8. The number of imidazole rings is 1. The first-order valence-corrected chi connectivity index (χ1v) is 10.2. The van der Waals surface area contributed by atoms with Crippen molar-refractivity contribution in [3.05, 3.63) is 72.9 Å². The molecule has 0 radical (unpaired) electrons. The minimum Gasteiger partial charge on any atom is -0.336 e. The Morgan fingerprint density at radius 2 is 1.44 bits per heavy atom. The number of H-pyrrole nitrogens is 1. The number of aromatic amines is 1. The number of nitrogens with zero attached hydrogens (tertiary/aromatic N) is 3. The van der Waals surface area contributed by atoms with Crippen LogP contribution in [0.5, 0.6) is 0 Å². The van der Waals surface area contributed by atoms with Crippen LogP contribution in [-0.4, -0.2) is 34.6 Å². The molecule has 7 heteroatoms. The van der Waals surface area contributed by atoms with E-state index >= 15 is 0 Å². The molecule has 4 aromatic rings. The van der Waals surface area contributed by atoms with Crippen molar-refractivity contribution >= 4 is 9.84 Å². The minimum absolute atomic E-state index is 0.213. The third kappa shape index (κ3) is 3.50. The molecule has 0 saturated carbocycles. The summed E-state index contributed by atoms with van der Waals surface area (Å²) in [5, 5.41) is -0.213. The van der Waals surface area contributed by atoms with Gasteiger partial charge in [0, 0.05) is 23.6 Å². The van der Waals surface area contributed by atoms with Crippen molar-refractivity contribution in [1.29, 1.82) is 0 Å². The van der Waals surface area contributed by atoms with E-state index in [-0.39, 0.29) is 5.16 Å². The first-order valence-electron chi connectivity index (χ1n) is 8.27. The van der Waals surface area contributed by atoms with E-state index in [4.69, 9.17) is 4.98 Å². The van der Waals surface area contributed by atoms with Gasteiger partial charge < -0.3 is 4.98 Å². The monoisotopic (exact) mass is 376 g/mol. The lowest BCUT2D eigenvalue weighted by Crippen LogP contribution is -2.04. The van der Waals surface area contributed by atoms with E-state index in [1.807, 2.05) is 60.7 Å². The van der Waals surface area contributed by atoms with Crippen LogP contribution in [0.15, 0.2) is 78.1 Å². The summed E-state index contributed by atoms with van der Waals surface area (Å²) in [7, 11) is -3.51. The van der Waals surface area contributed by atoms with E-state index in [1.54, 1.807) is 6.07 Å². The van der Waals surface area contributed by atoms with Gasteiger partial charge in [-0.15, -0.1) is 0 Å².